The van der Waals surface area contributed by atoms with Crippen LogP contribution < -0.4 is 0 Å². The molecule has 0 aromatic heterocycles. The van der Waals surface area contributed by atoms with Crippen LogP contribution in [0.3, 0.4) is 0 Å². The van der Waals surface area contributed by atoms with E-state index in [2.05, 4.69) is 25.3 Å². The van der Waals surface area contributed by atoms with Gasteiger partial charge in [0.15, 0.2) is 0 Å². The van der Waals surface area contributed by atoms with Gasteiger partial charge in [-0.1, -0.05) is 71.8 Å². The number of Topliss-reactive ketones (excluding diaryl/α,β-unsaturated/α-hetero) is 1. The van der Waals surface area contributed by atoms with Gasteiger partial charge in [0.25, 0.3) is 0 Å². The second-order valence-electron chi connectivity index (χ2n) is 6.32. The maximum absolute atomic E-state index is 11.8. The van der Waals surface area contributed by atoms with Gasteiger partial charge < -0.3 is 4.74 Å². The van der Waals surface area contributed by atoms with Gasteiger partial charge in [0.05, 0.1) is 19.4 Å². The highest BCUT2D eigenvalue weighted by atomic mass is 16.5. The van der Waals surface area contributed by atoms with Crippen molar-refractivity contribution in [2.24, 2.45) is 0 Å². The second kappa shape index (κ2) is 17.5. The fourth-order valence-electron chi connectivity index (χ4n) is 2.78. The lowest BCUT2D eigenvalue weighted by molar-refractivity contribution is -0.120. The van der Waals surface area contributed by atoms with E-state index in [1.54, 1.807) is 0 Å². The first-order valence-electron chi connectivity index (χ1n) is 9.71. The number of ether oxygens (including phenoxy) is 1. The normalized spacial score (nSPS) is 10.9. The zero-order valence-corrected chi connectivity index (χ0v) is 15.7. The van der Waals surface area contributed by atoms with E-state index >= 15 is 0 Å². The smallest absolute Gasteiger partial charge is 0.146 e. The molecule has 0 rings (SSSR count). The van der Waals surface area contributed by atoms with Crippen LogP contribution in [-0.2, 0) is 9.53 Å². The highest BCUT2D eigenvalue weighted by Crippen LogP contribution is 2.11. The van der Waals surface area contributed by atoms with Gasteiger partial charge in [-0.25, -0.2) is 0 Å². The Balaban J connectivity index is 3.21. The van der Waals surface area contributed by atoms with Crippen molar-refractivity contribution in [3.8, 4) is 0 Å². The van der Waals surface area contributed by atoms with Crippen LogP contribution in [0.2, 0.25) is 0 Å². The van der Waals surface area contributed by atoms with Gasteiger partial charge in [-0.05, 0) is 25.9 Å². The van der Waals surface area contributed by atoms with Crippen LogP contribution in [0.1, 0.15) is 84.5 Å². The van der Waals surface area contributed by atoms with Gasteiger partial charge in [0.1, 0.15) is 5.78 Å². The lowest BCUT2D eigenvalue weighted by atomic mass is 10.0. The summed E-state index contributed by atoms with van der Waals surface area (Å²) in [4.78, 5) is 14.0. The van der Waals surface area contributed by atoms with E-state index in [1.165, 1.54) is 57.6 Å². The maximum atomic E-state index is 11.8. The third-order valence-corrected chi connectivity index (χ3v) is 4.38. The first-order valence-corrected chi connectivity index (χ1v) is 9.71. The standard InChI is InChI=1S/C20H39NO2/c1-4-21(5-2)19-20(22)17-15-13-11-9-7-8-10-12-14-16-18-23-6-3/h6H,3-5,7-19H2,1-2H3. The average molecular weight is 326 g/mol. The Morgan fingerprint density at radius 2 is 1.35 bits per heavy atom. The van der Waals surface area contributed by atoms with Crippen LogP contribution in [0, 0.1) is 0 Å². The van der Waals surface area contributed by atoms with E-state index in [-0.39, 0.29) is 0 Å². The summed E-state index contributed by atoms with van der Waals surface area (Å²) < 4.78 is 5.10. The van der Waals surface area contributed by atoms with Crippen LogP contribution >= 0.6 is 0 Å². The first kappa shape index (κ1) is 22.2. The molecule has 0 aliphatic carbocycles. The second-order valence-corrected chi connectivity index (χ2v) is 6.32. The molecule has 3 nitrogen and oxygen atoms in total. The molecule has 0 N–H and O–H groups in total. The minimum Gasteiger partial charge on any atom is -0.502 e. The van der Waals surface area contributed by atoms with Crippen molar-refractivity contribution >= 4 is 5.78 Å². The molecule has 0 saturated carbocycles. The van der Waals surface area contributed by atoms with Crippen LogP contribution in [0.4, 0.5) is 0 Å². The molecule has 0 fully saturated rings. The van der Waals surface area contributed by atoms with Crippen molar-refractivity contribution in [1.82, 2.24) is 4.90 Å². The molecule has 0 unspecified atom stereocenters. The Morgan fingerprint density at radius 3 is 1.83 bits per heavy atom. The molecule has 23 heavy (non-hydrogen) atoms. The van der Waals surface area contributed by atoms with Crippen LogP contribution in [0.15, 0.2) is 12.8 Å². The summed E-state index contributed by atoms with van der Waals surface area (Å²) in [5, 5.41) is 0. The number of hydrogen-bond acceptors (Lipinski definition) is 3. The number of hydrogen-bond donors (Lipinski definition) is 0. The van der Waals surface area contributed by atoms with E-state index in [1.807, 2.05) is 0 Å². The fraction of sp³-hybridized carbons (Fsp3) is 0.850. The molecule has 0 aromatic carbocycles. The number of rotatable bonds is 18. The number of nitrogens with zero attached hydrogens (tertiary/aromatic N) is 1. The SMILES string of the molecule is C=COCCCCCCCCCCCCC(=O)CN(CC)CC. The molecule has 0 saturated heterocycles. The van der Waals surface area contributed by atoms with E-state index < -0.39 is 0 Å². The lowest BCUT2D eigenvalue weighted by Gasteiger charge is -2.16. The fourth-order valence-corrected chi connectivity index (χ4v) is 2.78. The van der Waals surface area contributed by atoms with Crippen molar-refractivity contribution in [2.75, 3.05) is 26.2 Å². The average Bonchev–Trinajstić information content (AvgIpc) is 2.56. The Kier molecular flexibility index (Phi) is 16.9. The molecule has 3 heteroatoms. The summed E-state index contributed by atoms with van der Waals surface area (Å²) in [5.74, 6) is 0.411. The predicted octanol–water partition coefficient (Wildman–Crippen LogP) is 5.35. The number of likely N-dealkylation sites (N-methyl/N-ethyl adjacent to an activating group) is 1. The molecule has 0 spiro atoms. The molecule has 0 amide bonds. The van der Waals surface area contributed by atoms with E-state index in [0.29, 0.717) is 12.3 Å². The molecule has 0 aliphatic heterocycles. The molecular weight excluding hydrogens is 286 g/mol. The van der Waals surface area contributed by atoms with Crippen molar-refractivity contribution in [3.05, 3.63) is 12.8 Å². The number of ketones is 1. The van der Waals surface area contributed by atoms with Crippen molar-refractivity contribution in [2.45, 2.75) is 84.5 Å². The van der Waals surface area contributed by atoms with Crippen molar-refractivity contribution < 1.29 is 9.53 Å². The Bertz CT molecular complexity index is 275. The zero-order chi connectivity index (χ0) is 17.2. The first-order chi connectivity index (χ1) is 11.2. The summed E-state index contributed by atoms with van der Waals surface area (Å²) in [5.41, 5.74) is 0. The number of carbonyl (C=O) groups is 1. The van der Waals surface area contributed by atoms with Gasteiger partial charge in [0, 0.05) is 6.42 Å². The van der Waals surface area contributed by atoms with Gasteiger partial charge in [-0.15, -0.1) is 0 Å². The zero-order valence-electron chi connectivity index (χ0n) is 15.7. The summed E-state index contributed by atoms with van der Waals surface area (Å²) >= 11 is 0. The summed E-state index contributed by atoms with van der Waals surface area (Å²) in [6, 6.07) is 0. The van der Waals surface area contributed by atoms with Gasteiger partial charge >= 0.3 is 0 Å². The topological polar surface area (TPSA) is 29.5 Å². The molecule has 136 valence electrons. The Morgan fingerprint density at radius 1 is 0.870 bits per heavy atom. The molecule has 0 radical (unpaired) electrons. The quantitative estimate of drug-likeness (QED) is 0.251. The third-order valence-electron chi connectivity index (χ3n) is 4.38. The predicted molar refractivity (Wildman–Crippen MR) is 99.7 cm³/mol. The van der Waals surface area contributed by atoms with Crippen LogP contribution in [0.25, 0.3) is 0 Å². The summed E-state index contributed by atoms with van der Waals surface area (Å²) in [7, 11) is 0. The third kappa shape index (κ3) is 15.8. The Labute approximate surface area is 144 Å². The van der Waals surface area contributed by atoms with E-state index in [4.69, 9.17) is 4.74 Å². The molecule has 0 aromatic rings. The molecule has 0 heterocycles. The summed E-state index contributed by atoms with van der Waals surface area (Å²) in [6.45, 7) is 11.2. The molecular formula is C20H39NO2. The molecule has 0 bridgehead atoms. The minimum atomic E-state index is 0.411. The minimum absolute atomic E-state index is 0.411. The largest absolute Gasteiger partial charge is 0.502 e. The van der Waals surface area contributed by atoms with Crippen molar-refractivity contribution in [3.63, 3.8) is 0 Å². The monoisotopic (exact) mass is 325 g/mol. The summed E-state index contributed by atoms with van der Waals surface area (Å²) in [6.07, 6.45) is 15.0. The van der Waals surface area contributed by atoms with Gasteiger partial charge in [-0.3, -0.25) is 9.69 Å². The Hall–Kier alpha value is -0.830. The maximum Gasteiger partial charge on any atom is 0.146 e. The van der Waals surface area contributed by atoms with Gasteiger partial charge in [-0.2, -0.15) is 0 Å². The number of unbranched alkanes of at least 4 members (excludes halogenated alkanes) is 9. The van der Waals surface area contributed by atoms with E-state index in [0.717, 1.165) is 39.0 Å². The highest BCUT2D eigenvalue weighted by molar-refractivity contribution is 5.80. The highest BCUT2D eigenvalue weighted by Gasteiger charge is 2.06. The van der Waals surface area contributed by atoms with Crippen molar-refractivity contribution in [1.29, 1.82) is 0 Å². The molecule has 0 atom stereocenters. The van der Waals surface area contributed by atoms with Gasteiger partial charge in [0.2, 0.25) is 0 Å². The lowest BCUT2D eigenvalue weighted by Crippen LogP contribution is -2.29. The van der Waals surface area contributed by atoms with E-state index in [9.17, 15) is 4.79 Å². The number of carbonyl (C=O) groups excluding carboxylic acids is 1. The molecule has 0 aliphatic rings. The van der Waals surface area contributed by atoms with Crippen LogP contribution in [0.5, 0.6) is 0 Å². The van der Waals surface area contributed by atoms with Crippen LogP contribution in [-0.4, -0.2) is 36.9 Å².